The maximum Gasteiger partial charge on any atom is 0.158 e. The first-order valence-electron chi connectivity index (χ1n) is 7.52. The fourth-order valence-electron chi connectivity index (χ4n) is 3.64. The minimum Gasteiger partial charge on any atom is -0.316 e. The summed E-state index contributed by atoms with van der Waals surface area (Å²) in [5, 5.41) is 3.42. The van der Waals surface area contributed by atoms with Gasteiger partial charge < -0.3 is 10.2 Å². The van der Waals surface area contributed by atoms with Gasteiger partial charge in [-0.3, -0.25) is 0 Å². The Balaban J connectivity index is 2.10. The van der Waals surface area contributed by atoms with E-state index < -0.39 is 14.6 Å². The smallest absolute Gasteiger partial charge is 0.158 e. The van der Waals surface area contributed by atoms with E-state index >= 15 is 0 Å². The predicted octanol–water partition coefficient (Wildman–Crippen LogP) is 1.28. The lowest BCUT2D eigenvalue weighted by Crippen LogP contribution is -2.57. The quantitative estimate of drug-likeness (QED) is 0.846. The highest BCUT2D eigenvalue weighted by atomic mass is 32.2. The van der Waals surface area contributed by atoms with Crippen molar-refractivity contribution in [3.63, 3.8) is 0 Å². The average molecular weight is 288 g/mol. The van der Waals surface area contributed by atoms with Crippen LogP contribution in [0.15, 0.2) is 0 Å². The molecule has 4 nitrogen and oxygen atoms in total. The second-order valence-corrected chi connectivity index (χ2v) is 9.16. The van der Waals surface area contributed by atoms with Crippen molar-refractivity contribution in [1.82, 2.24) is 10.2 Å². The second-order valence-electron chi connectivity index (χ2n) is 6.66. The molecule has 2 aliphatic rings. The molecule has 1 atom stereocenters. The summed E-state index contributed by atoms with van der Waals surface area (Å²) in [5.74, 6) is 0.332. The van der Waals surface area contributed by atoms with Gasteiger partial charge in [0.25, 0.3) is 0 Å². The van der Waals surface area contributed by atoms with Crippen molar-refractivity contribution in [3.05, 3.63) is 0 Å². The monoisotopic (exact) mass is 288 g/mol. The van der Waals surface area contributed by atoms with Crippen LogP contribution in [0.5, 0.6) is 0 Å². The van der Waals surface area contributed by atoms with Crippen LogP contribution in [-0.4, -0.2) is 56.5 Å². The topological polar surface area (TPSA) is 49.4 Å². The minimum atomic E-state index is -2.93. The Hall–Kier alpha value is -0.130. The van der Waals surface area contributed by atoms with E-state index in [0.717, 1.165) is 39.0 Å². The number of hydrogen-bond acceptors (Lipinski definition) is 4. The lowest BCUT2D eigenvalue weighted by molar-refractivity contribution is 0.156. The highest BCUT2D eigenvalue weighted by Gasteiger charge is 2.46. The van der Waals surface area contributed by atoms with Crippen molar-refractivity contribution in [2.45, 2.75) is 44.8 Å². The van der Waals surface area contributed by atoms with Gasteiger partial charge in [0.15, 0.2) is 9.84 Å². The summed E-state index contributed by atoms with van der Waals surface area (Å²) in [6.07, 6.45) is 2.66. The normalized spacial score (nSPS) is 34.5. The molecule has 0 aromatic carbocycles. The van der Waals surface area contributed by atoms with Crippen LogP contribution in [0, 0.1) is 5.41 Å². The SMILES string of the molecule is CCC1(CC)CN(CC2(C)CCNC2)CCS1(=O)=O. The molecule has 0 aromatic heterocycles. The van der Waals surface area contributed by atoms with Crippen molar-refractivity contribution < 1.29 is 8.42 Å². The van der Waals surface area contributed by atoms with Gasteiger partial charge in [0, 0.05) is 26.2 Å². The molecule has 1 N–H and O–H groups in total. The van der Waals surface area contributed by atoms with Crippen molar-refractivity contribution >= 4 is 9.84 Å². The molecule has 0 amide bonds. The van der Waals surface area contributed by atoms with E-state index in [9.17, 15) is 8.42 Å². The van der Waals surface area contributed by atoms with Gasteiger partial charge in [-0.05, 0) is 31.2 Å². The summed E-state index contributed by atoms with van der Waals surface area (Å²) in [5.41, 5.74) is 0.314. The molecule has 5 heteroatoms. The van der Waals surface area contributed by atoms with Crippen LogP contribution in [0.2, 0.25) is 0 Å². The van der Waals surface area contributed by atoms with Crippen LogP contribution >= 0.6 is 0 Å². The Bertz CT molecular complexity index is 409. The largest absolute Gasteiger partial charge is 0.316 e. The molecule has 2 saturated heterocycles. The van der Waals surface area contributed by atoms with E-state index in [-0.39, 0.29) is 0 Å². The third-order valence-corrected chi connectivity index (χ3v) is 7.94. The van der Waals surface area contributed by atoms with Crippen LogP contribution < -0.4 is 5.32 Å². The summed E-state index contributed by atoms with van der Waals surface area (Å²) < 4.78 is 24.3. The molecule has 1 unspecified atom stereocenters. The Kier molecular flexibility index (Phi) is 4.29. The third-order valence-electron chi connectivity index (χ3n) is 5.20. The molecule has 0 radical (unpaired) electrons. The number of hydrogen-bond donors (Lipinski definition) is 1. The molecule has 2 heterocycles. The van der Waals surface area contributed by atoms with Crippen LogP contribution in [0.3, 0.4) is 0 Å². The maximum absolute atomic E-state index is 12.4. The first-order valence-corrected chi connectivity index (χ1v) is 9.17. The highest BCUT2D eigenvalue weighted by molar-refractivity contribution is 7.92. The zero-order chi connectivity index (χ0) is 14.1. The van der Waals surface area contributed by atoms with Gasteiger partial charge in [0.05, 0.1) is 10.5 Å². The molecular formula is C14H28N2O2S. The van der Waals surface area contributed by atoms with E-state index in [1.165, 1.54) is 6.42 Å². The van der Waals surface area contributed by atoms with Gasteiger partial charge in [-0.2, -0.15) is 0 Å². The number of nitrogens with zero attached hydrogens (tertiary/aromatic N) is 1. The third kappa shape index (κ3) is 2.83. The fraction of sp³-hybridized carbons (Fsp3) is 1.00. The molecule has 2 aliphatic heterocycles. The standard InChI is InChI=1S/C14H28N2O2S/c1-4-14(5-2)12-16(8-9-19(14,17)18)11-13(3)6-7-15-10-13/h15H,4-12H2,1-3H3. The van der Waals surface area contributed by atoms with Crippen LogP contribution in [0.1, 0.15) is 40.0 Å². The molecule has 0 saturated carbocycles. The molecule has 0 aromatic rings. The molecule has 2 fully saturated rings. The van der Waals surface area contributed by atoms with E-state index in [4.69, 9.17) is 0 Å². The Labute approximate surface area is 117 Å². The van der Waals surface area contributed by atoms with Gasteiger partial charge in [0.2, 0.25) is 0 Å². The van der Waals surface area contributed by atoms with Gasteiger partial charge >= 0.3 is 0 Å². The molecule has 0 bridgehead atoms. The van der Waals surface area contributed by atoms with Gasteiger partial charge in [-0.15, -0.1) is 0 Å². The van der Waals surface area contributed by atoms with E-state index in [0.29, 0.717) is 17.7 Å². The molecule has 19 heavy (non-hydrogen) atoms. The fourth-order valence-corrected chi connectivity index (χ4v) is 5.83. The van der Waals surface area contributed by atoms with Crippen molar-refractivity contribution in [2.75, 3.05) is 38.5 Å². The predicted molar refractivity (Wildman–Crippen MR) is 79.1 cm³/mol. The first kappa shape index (κ1) is 15.3. The van der Waals surface area contributed by atoms with Crippen LogP contribution in [0.25, 0.3) is 0 Å². The Morgan fingerprint density at radius 1 is 1.26 bits per heavy atom. The lowest BCUT2D eigenvalue weighted by atomic mass is 9.88. The summed E-state index contributed by atoms with van der Waals surface area (Å²) in [6, 6.07) is 0. The van der Waals surface area contributed by atoms with Crippen molar-refractivity contribution in [2.24, 2.45) is 5.41 Å². The van der Waals surface area contributed by atoms with Crippen molar-refractivity contribution in [1.29, 1.82) is 0 Å². The van der Waals surface area contributed by atoms with E-state index in [2.05, 4.69) is 17.1 Å². The average Bonchev–Trinajstić information content (AvgIpc) is 2.78. The van der Waals surface area contributed by atoms with Gasteiger partial charge in [0.1, 0.15) is 0 Å². The van der Waals surface area contributed by atoms with Crippen LogP contribution in [-0.2, 0) is 9.84 Å². The summed E-state index contributed by atoms with van der Waals surface area (Å²) in [6.45, 7) is 11.0. The molecule has 0 spiro atoms. The minimum absolute atomic E-state index is 0.314. The van der Waals surface area contributed by atoms with Crippen molar-refractivity contribution in [3.8, 4) is 0 Å². The Morgan fingerprint density at radius 3 is 2.47 bits per heavy atom. The summed E-state index contributed by atoms with van der Waals surface area (Å²) in [4.78, 5) is 2.39. The number of sulfone groups is 1. The highest BCUT2D eigenvalue weighted by Crippen LogP contribution is 2.34. The van der Waals surface area contributed by atoms with Gasteiger partial charge in [-0.25, -0.2) is 8.42 Å². The molecular weight excluding hydrogens is 260 g/mol. The van der Waals surface area contributed by atoms with Crippen LogP contribution in [0.4, 0.5) is 0 Å². The Morgan fingerprint density at radius 2 is 1.95 bits per heavy atom. The molecule has 2 rings (SSSR count). The summed E-state index contributed by atoms with van der Waals surface area (Å²) in [7, 11) is -2.93. The number of rotatable bonds is 4. The maximum atomic E-state index is 12.4. The first-order chi connectivity index (χ1) is 8.86. The van der Waals surface area contributed by atoms with E-state index in [1.807, 2.05) is 13.8 Å². The van der Waals surface area contributed by atoms with E-state index in [1.54, 1.807) is 0 Å². The molecule has 112 valence electrons. The lowest BCUT2D eigenvalue weighted by Gasteiger charge is -2.43. The zero-order valence-corrected chi connectivity index (χ0v) is 13.4. The van der Waals surface area contributed by atoms with Gasteiger partial charge in [-0.1, -0.05) is 20.8 Å². The molecule has 0 aliphatic carbocycles. The number of nitrogens with one attached hydrogen (secondary N) is 1. The zero-order valence-electron chi connectivity index (χ0n) is 12.5. The second kappa shape index (κ2) is 5.34. The summed E-state index contributed by atoms with van der Waals surface area (Å²) >= 11 is 0.